The van der Waals surface area contributed by atoms with Crippen LogP contribution < -0.4 is 5.32 Å². The molecule has 1 amide bonds. The summed E-state index contributed by atoms with van der Waals surface area (Å²) in [6.45, 7) is 0.138. The fourth-order valence-corrected chi connectivity index (χ4v) is 2.01. The van der Waals surface area contributed by atoms with Crippen molar-refractivity contribution in [2.45, 2.75) is 6.54 Å². The van der Waals surface area contributed by atoms with Gasteiger partial charge in [0.1, 0.15) is 0 Å². The SMILES string of the molecule is O=C(NCc1nnc(-c2cccnc2)o1)c1cccc(Cl)c1. The van der Waals surface area contributed by atoms with Crippen LogP contribution in [-0.4, -0.2) is 21.1 Å². The van der Waals surface area contributed by atoms with Crippen LogP contribution in [0.2, 0.25) is 5.02 Å². The molecule has 3 aromatic rings. The van der Waals surface area contributed by atoms with E-state index in [4.69, 9.17) is 16.0 Å². The number of hydrogen-bond donors (Lipinski definition) is 1. The first-order valence-corrected chi connectivity index (χ1v) is 6.87. The summed E-state index contributed by atoms with van der Waals surface area (Å²) in [5, 5.41) is 11.0. The van der Waals surface area contributed by atoms with Crippen LogP contribution in [0.4, 0.5) is 0 Å². The van der Waals surface area contributed by atoms with Gasteiger partial charge in [0.05, 0.1) is 12.1 Å². The molecule has 0 spiro atoms. The maximum Gasteiger partial charge on any atom is 0.251 e. The van der Waals surface area contributed by atoms with E-state index in [1.54, 1.807) is 42.7 Å². The molecule has 0 atom stereocenters. The number of pyridine rings is 1. The van der Waals surface area contributed by atoms with E-state index in [9.17, 15) is 4.79 Å². The van der Waals surface area contributed by atoms with Gasteiger partial charge in [-0.25, -0.2) is 0 Å². The van der Waals surface area contributed by atoms with Crippen molar-refractivity contribution in [3.8, 4) is 11.5 Å². The molecule has 0 saturated carbocycles. The monoisotopic (exact) mass is 314 g/mol. The van der Waals surface area contributed by atoms with E-state index in [2.05, 4.69) is 20.5 Å². The zero-order valence-corrected chi connectivity index (χ0v) is 12.1. The van der Waals surface area contributed by atoms with Gasteiger partial charge in [-0.05, 0) is 30.3 Å². The molecule has 7 heteroatoms. The Morgan fingerprint density at radius 1 is 1.23 bits per heavy atom. The average Bonchev–Trinajstić information content (AvgIpc) is 3.02. The van der Waals surface area contributed by atoms with Crippen molar-refractivity contribution in [2.24, 2.45) is 0 Å². The van der Waals surface area contributed by atoms with Crippen LogP contribution in [-0.2, 0) is 6.54 Å². The highest BCUT2D eigenvalue weighted by atomic mass is 35.5. The Labute approximate surface area is 131 Å². The molecule has 0 unspecified atom stereocenters. The van der Waals surface area contributed by atoms with Crippen LogP contribution in [0.3, 0.4) is 0 Å². The Morgan fingerprint density at radius 2 is 2.14 bits per heavy atom. The fourth-order valence-electron chi connectivity index (χ4n) is 1.82. The number of carbonyl (C=O) groups is 1. The molecule has 0 aliphatic carbocycles. The Hall–Kier alpha value is -2.73. The Balaban J connectivity index is 1.65. The van der Waals surface area contributed by atoms with Crippen LogP contribution in [0.15, 0.2) is 53.2 Å². The third-order valence-electron chi connectivity index (χ3n) is 2.86. The molecular weight excluding hydrogens is 304 g/mol. The standard InChI is InChI=1S/C15H11ClN4O2/c16-12-5-1-3-10(7-12)14(21)18-9-13-19-20-15(22-13)11-4-2-6-17-8-11/h1-8H,9H2,(H,18,21). The van der Waals surface area contributed by atoms with Gasteiger partial charge < -0.3 is 9.73 Å². The summed E-state index contributed by atoms with van der Waals surface area (Å²) in [4.78, 5) is 16.0. The van der Waals surface area contributed by atoms with E-state index in [0.29, 0.717) is 22.4 Å². The van der Waals surface area contributed by atoms with Gasteiger partial charge in [-0.1, -0.05) is 17.7 Å². The van der Waals surface area contributed by atoms with E-state index in [1.165, 1.54) is 0 Å². The minimum atomic E-state index is -0.261. The molecule has 0 fully saturated rings. The maximum absolute atomic E-state index is 12.0. The highest BCUT2D eigenvalue weighted by Crippen LogP contribution is 2.16. The second kappa shape index (κ2) is 6.36. The topological polar surface area (TPSA) is 80.9 Å². The van der Waals surface area contributed by atoms with Crippen molar-refractivity contribution in [3.05, 3.63) is 65.3 Å². The van der Waals surface area contributed by atoms with Gasteiger partial charge in [0, 0.05) is 23.0 Å². The van der Waals surface area contributed by atoms with Gasteiger partial charge in [-0.3, -0.25) is 9.78 Å². The number of amides is 1. The number of rotatable bonds is 4. The Kier molecular flexibility index (Phi) is 4.11. The van der Waals surface area contributed by atoms with Crippen LogP contribution in [0.5, 0.6) is 0 Å². The van der Waals surface area contributed by atoms with E-state index in [0.717, 1.165) is 5.56 Å². The summed E-state index contributed by atoms with van der Waals surface area (Å²) in [7, 11) is 0. The van der Waals surface area contributed by atoms with Gasteiger partial charge in [-0.15, -0.1) is 10.2 Å². The second-order valence-electron chi connectivity index (χ2n) is 4.44. The fraction of sp³-hybridized carbons (Fsp3) is 0.0667. The molecule has 6 nitrogen and oxygen atoms in total. The highest BCUT2D eigenvalue weighted by Gasteiger charge is 2.11. The summed E-state index contributed by atoms with van der Waals surface area (Å²) in [5.74, 6) is 0.415. The summed E-state index contributed by atoms with van der Waals surface area (Å²) in [6, 6.07) is 10.3. The zero-order chi connectivity index (χ0) is 15.4. The molecule has 110 valence electrons. The maximum atomic E-state index is 12.0. The number of halogens is 1. The van der Waals surface area contributed by atoms with Crippen molar-refractivity contribution < 1.29 is 9.21 Å². The molecule has 0 bridgehead atoms. The first-order chi connectivity index (χ1) is 10.7. The zero-order valence-electron chi connectivity index (χ0n) is 11.4. The quantitative estimate of drug-likeness (QED) is 0.800. The number of nitrogens with one attached hydrogen (secondary N) is 1. The summed E-state index contributed by atoms with van der Waals surface area (Å²) >= 11 is 5.85. The molecule has 0 radical (unpaired) electrons. The van der Waals surface area contributed by atoms with Gasteiger partial charge >= 0.3 is 0 Å². The van der Waals surface area contributed by atoms with Crippen LogP contribution in [0, 0.1) is 0 Å². The van der Waals surface area contributed by atoms with E-state index in [1.807, 2.05) is 6.07 Å². The molecule has 0 saturated heterocycles. The second-order valence-corrected chi connectivity index (χ2v) is 4.87. The first kappa shape index (κ1) is 14.2. The summed E-state index contributed by atoms with van der Waals surface area (Å²) in [6.07, 6.45) is 3.29. The first-order valence-electron chi connectivity index (χ1n) is 6.49. The van der Waals surface area contributed by atoms with Gasteiger partial charge in [0.2, 0.25) is 11.8 Å². The largest absolute Gasteiger partial charge is 0.419 e. The third kappa shape index (κ3) is 3.29. The van der Waals surface area contributed by atoms with Gasteiger partial charge in [0.25, 0.3) is 5.91 Å². The molecule has 1 N–H and O–H groups in total. The van der Waals surface area contributed by atoms with Crippen LogP contribution in [0.1, 0.15) is 16.2 Å². The molecule has 2 heterocycles. The molecule has 0 aliphatic heterocycles. The van der Waals surface area contributed by atoms with Gasteiger partial charge in [-0.2, -0.15) is 0 Å². The van der Waals surface area contributed by atoms with Gasteiger partial charge in [0.15, 0.2) is 0 Å². The number of benzene rings is 1. The lowest BCUT2D eigenvalue weighted by molar-refractivity contribution is 0.0947. The number of hydrogen-bond acceptors (Lipinski definition) is 5. The summed E-state index contributed by atoms with van der Waals surface area (Å²) < 4.78 is 5.48. The molecule has 22 heavy (non-hydrogen) atoms. The minimum absolute atomic E-state index is 0.138. The molecule has 0 aliphatic rings. The van der Waals surface area contributed by atoms with E-state index < -0.39 is 0 Å². The third-order valence-corrected chi connectivity index (χ3v) is 3.10. The lowest BCUT2D eigenvalue weighted by atomic mass is 10.2. The highest BCUT2D eigenvalue weighted by molar-refractivity contribution is 6.30. The van der Waals surface area contributed by atoms with E-state index in [-0.39, 0.29) is 12.5 Å². The Bertz CT molecular complexity index is 789. The van der Waals surface area contributed by atoms with Crippen molar-refractivity contribution >= 4 is 17.5 Å². The number of aromatic nitrogens is 3. The predicted octanol–water partition coefficient (Wildman–Crippen LogP) is 2.72. The lowest BCUT2D eigenvalue weighted by Gasteiger charge is -2.02. The molecule has 3 rings (SSSR count). The smallest absolute Gasteiger partial charge is 0.251 e. The molecule has 1 aromatic carbocycles. The number of carbonyl (C=O) groups excluding carboxylic acids is 1. The van der Waals surface area contributed by atoms with Crippen molar-refractivity contribution in [1.82, 2.24) is 20.5 Å². The van der Waals surface area contributed by atoms with Crippen LogP contribution in [0.25, 0.3) is 11.5 Å². The predicted molar refractivity (Wildman–Crippen MR) is 80.2 cm³/mol. The van der Waals surface area contributed by atoms with Crippen molar-refractivity contribution in [1.29, 1.82) is 0 Å². The van der Waals surface area contributed by atoms with E-state index >= 15 is 0 Å². The van der Waals surface area contributed by atoms with Crippen LogP contribution >= 0.6 is 11.6 Å². The lowest BCUT2D eigenvalue weighted by Crippen LogP contribution is -2.22. The summed E-state index contributed by atoms with van der Waals surface area (Å²) in [5.41, 5.74) is 1.20. The normalized spacial score (nSPS) is 10.4. The minimum Gasteiger partial charge on any atom is -0.419 e. The molecule has 2 aromatic heterocycles. The van der Waals surface area contributed by atoms with Crippen molar-refractivity contribution in [3.63, 3.8) is 0 Å². The molecular formula is C15H11ClN4O2. The van der Waals surface area contributed by atoms with Crippen molar-refractivity contribution in [2.75, 3.05) is 0 Å². The number of nitrogens with zero attached hydrogens (tertiary/aromatic N) is 3. The Morgan fingerprint density at radius 3 is 2.91 bits per heavy atom. The average molecular weight is 315 g/mol.